The van der Waals surface area contributed by atoms with E-state index in [1.807, 2.05) is 19.1 Å². The van der Waals surface area contributed by atoms with Crippen LogP contribution in [0.1, 0.15) is 33.3 Å². The SMILES string of the molecule is C=CCNC(=O)[C@H](C)Nc1ccc(C(C)(C)C)cc1. The van der Waals surface area contributed by atoms with Crippen LogP contribution in [0.2, 0.25) is 0 Å². The molecule has 3 nitrogen and oxygen atoms in total. The maximum atomic E-state index is 11.7. The molecule has 1 rings (SSSR count). The van der Waals surface area contributed by atoms with Crippen LogP contribution in [0.5, 0.6) is 0 Å². The van der Waals surface area contributed by atoms with Gasteiger partial charge in [0, 0.05) is 12.2 Å². The molecule has 2 N–H and O–H groups in total. The average molecular weight is 260 g/mol. The summed E-state index contributed by atoms with van der Waals surface area (Å²) >= 11 is 0. The first kappa shape index (κ1) is 15.3. The Hall–Kier alpha value is -1.77. The van der Waals surface area contributed by atoms with E-state index < -0.39 is 0 Å². The van der Waals surface area contributed by atoms with Crippen molar-refractivity contribution in [2.24, 2.45) is 0 Å². The Labute approximate surface area is 116 Å². The molecule has 0 unspecified atom stereocenters. The predicted octanol–water partition coefficient (Wildman–Crippen LogP) is 3.09. The van der Waals surface area contributed by atoms with E-state index in [9.17, 15) is 4.79 Å². The van der Waals surface area contributed by atoms with E-state index in [-0.39, 0.29) is 17.4 Å². The first-order chi connectivity index (χ1) is 8.84. The van der Waals surface area contributed by atoms with Gasteiger partial charge in [0.05, 0.1) is 0 Å². The lowest BCUT2D eigenvalue weighted by Gasteiger charge is -2.20. The lowest BCUT2D eigenvalue weighted by Crippen LogP contribution is -2.37. The van der Waals surface area contributed by atoms with Crippen molar-refractivity contribution in [2.45, 2.75) is 39.2 Å². The summed E-state index contributed by atoms with van der Waals surface area (Å²) in [6.07, 6.45) is 1.67. The van der Waals surface area contributed by atoms with Gasteiger partial charge in [-0.15, -0.1) is 6.58 Å². The minimum Gasteiger partial charge on any atom is -0.374 e. The molecule has 0 fully saturated rings. The number of amides is 1. The maximum Gasteiger partial charge on any atom is 0.242 e. The Morgan fingerprint density at radius 1 is 1.32 bits per heavy atom. The molecule has 0 spiro atoms. The largest absolute Gasteiger partial charge is 0.374 e. The van der Waals surface area contributed by atoms with Crippen molar-refractivity contribution in [3.63, 3.8) is 0 Å². The number of nitrogens with one attached hydrogen (secondary N) is 2. The third-order valence-corrected chi connectivity index (χ3v) is 2.95. The van der Waals surface area contributed by atoms with Gasteiger partial charge in [0.25, 0.3) is 0 Å². The van der Waals surface area contributed by atoms with Crippen molar-refractivity contribution in [3.8, 4) is 0 Å². The lowest BCUT2D eigenvalue weighted by atomic mass is 9.87. The summed E-state index contributed by atoms with van der Waals surface area (Å²) in [7, 11) is 0. The zero-order valence-electron chi connectivity index (χ0n) is 12.3. The van der Waals surface area contributed by atoms with Gasteiger partial charge in [-0.05, 0) is 30.0 Å². The summed E-state index contributed by atoms with van der Waals surface area (Å²) in [5.41, 5.74) is 2.38. The van der Waals surface area contributed by atoms with Gasteiger partial charge in [-0.25, -0.2) is 0 Å². The fourth-order valence-electron chi connectivity index (χ4n) is 1.71. The second kappa shape index (κ2) is 6.41. The van der Waals surface area contributed by atoms with E-state index in [1.165, 1.54) is 5.56 Å². The fourth-order valence-corrected chi connectivity index (χ4v) is 1.71. The van der Waals surface area contributed by atoms with Crippen molar-refractivity contribution in [1.82, 2.24) is 5.32 Å². The molecule has 1 aromatic carbocycles. The van der Waals surface area contributed by atoms with Crippen LogP contribution in [0, 0.1) is 0 Å². The van der Waals surface area contributed by atoms with Gasteiger partial charge < -0.3 is 10.6 Å². The summed E-state index contributed by atoms with van der Waals surface area (Å²) in [6, 6.07) is 7.95. The first-order valence-corrected chi connectivity index (χ1v) is 6.60. The Bertz CT molecular complexity index is 429. The number of hydrogen-bond donors (Lipinski definition) is 2. The summed E-state index contributed by atoms with van der Waals surface area (Å²) in [5, 5.41) is 5.95. The summed E-state index contributed by atoms with van der Waals surface area (Å²) < 4.78 is 0. The van der Waals surface area contributed by atoms with Crippen molar-refractivity contribution in [1.29, 1.82) is 0 Å². The third-order valence-electron chi connectivity index (χ3n) is 2.95. The molecule has 0 saturated carbocycles. The van der Waals surface area contributed by atoms with Crippen LogP contribution < -0.4 is 10.6 Å². The maximum absolute atomic E-state index is 11.7. The highest BCUT2D eigenvalue weighted by Crippen LogP contribution is 2.23. The molecule has 0 heterocycles. The Balaban J connectivity index is 2.62. The Kier molecular flexibility index (Phi) is 5.16. The highest BCUT2D eigenvalue weighted by atomic mass is 16.2. The van der Waals surface area contributed by atoms with Crippen LogP contribution in [0.4, 0.5) is 5.69 Å². The first-order valence-electron chi connectivity index (χ1n) is 6.60. The molecule has 19 heavy (non-hydrogen) atoms. The number of rotatable bonds is 5. The molecule has 0 aromatic heterocycles. The molecule has 0 saturated heterocycles. The molecule has 1 aromatic rings. The van der Waals surface area contributed by atoms with Gasteiger partial charge in [-0.2, -0.15) is 0 Å². The zero-order chi connectivity index (χ0) is 14.5. The number of carbonyl (C=O) groups is 1. The monoisotopic (exact) mass is 260 g/mol. The van der Waals surface area contributed by atoms with Crippen LogP contribution >= 0.6 is 0 Å². The smallest absolute Gasteiger partial charge is 0.242 e. The van der Waals surface area contributed by atoms with Crippen molar-refractivity contribution >= 4 is 11.6 Å². The fraction of sp³-hybridized carbons (Fsp3) is 0.438. The Morgan fingerprint density at radius 2 is 1.89 bits per heavy atom. The normalized spacial score (nSPS) is 12.6. The third kappa shape index (κ3) is 4.78. The molecule has 0 bridgehead atoms. The summed E-state index contributed by atoms with van der Waals surface area (Å²) in [6.45, 7) is 12.5. The van der Waals surface area contributed by atoms with Crippen molar-refractivity contribution in [3.05, 3.63) is 42.5 Å². The minimum atomic E-state index is -0.263. The van der Waals surface area contributed by atoms with Gasteiger partial charge >= 0.3 is 0 Å². The molecule has 0 aliphatic rings. The van der Waals surface area contributed by atoms with Crippen LogP contribution in [-0.2, 0) is 10.2 Å². The molecule has 104 valence electrons. The summed E-state index contributed by atoms with van der Waals surface area (Å²) in [5.74, 6) is -0.0280. The molecular weight excluding hydrogens is 236 g/mol. The molecule has 0 aliphatic heterocycles. The molecule has 1 amide bonds. The van der Waals surface area contributed by atoms with Gasteiger partial charge in [-0.1, -0.05) is 39.0 Å². The molecular formula is C16H24N2O. The van der Waals surface area contributed by atoms with Crippen LogP contribution in [-0.4, -0.2) is 18.5 Å². The Morgan fingerprint density at radius 3 is 2.37 bits per heavy atom. The quantitative estimate of drug-likeness (QED) is 0.799. The van der Waals surface area contributed by atoms with E-state index in [0.29, 0.717) is 6.54 Å². The molecule has 1 atom stereocenters. The second-order valence-corrected chi connectivity index (χ2v) is 5.73. The summed E-state index contributed by atoms with van der Waals surface area (Å²) in [4.78, 5) is 11.7. The van der Waals surface area contributed by atoms with Crippen molar-refractivity contribution in [2.75, 3.05) is 11.9 Å². The standard InChI is InChI=1S/C16H24N2O/c1-6-11-17-15(19)12(2)18-14-9-7-13(8-10-14)16(3,4)5/h6-10,12,18H,1,11H2,2-5H3,(H,17,19)/t12-/m0/s1. The van der Waals surface area contributed by atoms with Crippen LogP contribution in [0.15, 0.2) is 36.9 Å². The number of carbonyl (C=O) groups excluding carboxylic acids is 1. The van der Waals surface area contributed by atoms with Crippen molar-refractivity contribution < 1.29 is 4.79 Å². The topological polar surface area (TPSA) is 41.1 Å². The van der Waals surface area contributed by atoms with E-state index in [2.05, 4.69) is 50.1 Å². The van der Waals surface area contributed by atoms with E-state index in [4.69, 9.17) is 0 Å². The average Bonchev–Trinajstić information content (AvgIpc) is 2.35. The zero-order valence-corrected chi connectivity index (χ0v) is 12.3. The lowest BCUT2D eigenvalue weighted by molar-refractivity contribution is -0.121. The second-order valence-electron chi connectivity index (χ2n) is 5.73. The number of hydrogen-bond acceptors (Lipinski definition) is 2. The van der Waals surface area contributed by atoms with Crippen LogP contribution in [0.3, 0.4) is 0 Å². The highest BCUT2D eigenvalue weighted by Gasteiger charge is 2.14. The highest BCUT2D eigenvalue weighted by molar-refractivity contribution is 5.84. The predicted molar refractivity (Wildman–Crippen MR) is 81.4 cm³/mol. The number of anilines is 1. The van der Waals surface area contributed by atoms with E-state index in [0.717, 1.165) is 5.69 Å². The van der Waals surface area contributed by atoms with Gasteiger partial charge in [0.2, 0.25) is 5.91 Å². The molecule has 0 radical (unpaired) electrons. The molecule has 3 heteroatoms. The van der Waals surface area contributed by atoms with Gasteiger partial charge in [0.1, 0.15) is 6.04 Å². The van der Waals surface area contributed by atoms with E-state index >= 15 is 0 Å². The van der Waals surface area contributed by atoms with Gasteiger partial charge in [0.15, 0.2) is 0 Å². The van der Waals surface area contributed by atoms with Crippen LogP contribution in [0.25, 0.3) is 0 Å². The van der Waals surface area contributed by atoms with E-state index in [1.54, 1.807) is 6.08 Å². The number of benzene rings is 1. The van der Waals surface area contributed by atoms with Gasteiger partial charge in [-0.3, -0.25) is 4.79 Å². The minimum absolute atomic E-state index is 0.0280. The molecule has 0 aliphatic carbocycles.